The van der Waals surface area contributed by atoms with E-state index in [9.17, 15) is 24.3 Å². The summed E-state index contributed by atoms with van der Waals surface area (Å²) in [6.45, 7) is 12.8. The number of rotatable bonds is 13. The van der Waals surface area contributed by atoms with Gasteiger partial charge in [0.25, 0.3) is 0 Å². The van der Waals surface area contributed by atoms with Crippen molar-refractivity contribution >= 4 is 23.9 Å². The van der Waals surface area contributed by atoms with Gasteiger partial charge in [-0.15, -0.1) is 0 Å². The topological polar surface area (TPSA) is 138 Å². The molecule has 2 heterocycles. The quantitative estimate of drug-likeness (QED) is 0.0713. The van der Waals surface area contributed by atoms with Gasteiger partial charge in [-0.3, -0.25) is 9.59 Å². The minimum absolute atomic E-state index is 0.00213. The number of carbonyl (C=O) groups is 4. The number of carbonyl (C=O) groups excluding carboxylic acids is 4. The van der Waals surface area contributed by atoms with E-state index in [2.05, 4.69) is 19.9 Å². The summed E-state index contributed by atoms with van der Waals surface area (Å²) in [4.78, 5) is 51.0. The lowest BCUT2D eigenvalue weighted by atomic mass is 9.88. The largest absolute Gasteiger partial charge is 0.458 e. The van der Waals surface area contributed by atoms with Gasteiger partial charge in [-0.05, 0) is 81.4 Å². The maximum Gasteiger partial charge on any atom is 0.338 e. The lowest BCUT2D eigenvalue weighted by molar-refractivity contribution is -0.157. The van der Waals surface area contributed by atoms with Crippen molar-refractivity contribution in [2.45, 2.75) is 123 Å². The van der Waals surface area contributed by atoms with Gasteiger partial charge in [-0.25, -0.2) is 9.59 Å². The van der Waals surface area contributed by atoms with Gasteiger partial charge in [-0.2, -0.15) is 0 Å². The number of esters is 4. The first-order valence-corrected chi connectivity index (χ1v) is 19.0. The van der Waals surface area contributed by atoms with Crippen molar-refractivity contribution in [2.75, 3.05) is 0 Å². The molecule has 2 aliphatic rings. The van der Waals surface area contributed by atoms with Crippen molar-refractivity contribution in [3.8, 4) is 0 Å². The molecule has 0 aromatic heterocycles. The van der Waals surface area contributed by atoms with Crippen LogP contribution in [-0.2, 0) is 33.3 Å². The average Bonchev–Trinajstić information content (AvgIpc) is 3.91. The van der Waals surface area contributed by atoms with E-state index in [-0.39, 0.29) is 61.3 Å². The normalized spacial score (nSPS) is 28.7. The van der Waals surface area contributed by atoms with Gasteiger partial charge in [0.1, 0.15) is 30.0 Å². The maximum atomic E-state index is 13.4. The van der Waals surface area contributed by atoms with E-state index in [1.54, 1.807) is 61.5 Å². The van der Waals surface area contributed by atoms with Crippen LogP contribution in [0.3, 0.4) is 0 Å². The van der Waals surface area contributed by atoms with Gasteiger partial charge in [-0.1, -0.05) is 88.4 Å². The third-order valence-corrected chi connectivity index (χ3v) is 10.1. The van der Waals surface area contributed by atoms with Crippen molar-refractivity contribution in [1.82, 2.24) is 0 Å². The number of hydrogen-bond donors (Lipinski definition) is 1. The van der Waals surface area contributed by atoms with Gasteiger partial charge in [0, 0.05) is 18.8 Å². The van der Waals surface area contributed by atoms with Crippen molar-refractivity contribution in [3.63, 3.8) is 0 Å². The molecule has 10 nitrogen and oxygen atoms in total. The van der Waals surface area contributed by atoms with Crippen LogP contribution in [0, 0.1) is 17.8 Å². The second-order valence-corrected chi connectivity index (χ2v) is 14.9. The number of epoxide rings is 1. The van der Waals surface area contributed by atoms with Crippen LogP contribution in [0.4, 0.5) is 0 Å². The van der Waals surface area contributed by atoms with Crippen LogP contribution in [0.25, 0.3) is 0 Å². The third-order valence-electron chi connectivity index (χ3n) is 10.1. The predicted molar refractivity (Wildman–Crippen MR) is 204 cm³/mol. The minimum Gasteiger partial charge on any atom is -0.458 e. The Hall–Kier alpha value is -4.54. The molecule has 292 valence electrons. The predicted octanol–water partition coefficient (Wildman–Crippen LogP) is 7.75. The van der Waals surface area contributed by atoms with Crippen LogP contribution >= 0.6 is 0 Å². The molecule has 2 aromatic carbocycles. The lowest BCUT2D eigenvalue weighted by Gasteiger charge is -2.33. The van der Waals surface area contributed by atoms with Crippen LogP contribution in [-0.4, -0.2) is 71.2 Å². The Bertz CT molecular complexity index is 1650. The van der Waals surface area contributed by atoms with Gasteiger partial charge < -0.3 is 28.8 Å². The smallest absolute Gasteiger partial charge is 0.338 e. The SMILES string of the molecule is CCC(OC(=O)c1ccccc1)C(C)C1OC1CC(C)/C=C/C=C(\C)C1OC(=O)CC(OC(=O)c2ccccc2)CCC(C)(O)C(OC(C)=O)/C=C\C1C. The third kappa shape index (κ3) is 12.5. The molecule has 0 amide bonds. The number of hydrogen-bond acceptors (Lipinski definition) is 10. The van der Waals surface area contributed by atoms with Gasteiger partial charge in [0.05, 0.1) is 29.8 Å². The highest BCUT2D eigenvalue weighted by Gasteiger charge is 2.46. The minimum atomic E-state index is -1.51. The Balaban J connectivity index is 1.42. The zero-order chi connectivity index (χ0) is 39.4. The summed E-state index contributed by atoms with van der Waals surface area (Å²) < 4.78 is 29.2. The van der Waals surface area contributed by atoms with E-state index in [1.165, 1.54) is 6.92 Å². The molecule has 0 spiro atoms. The fraction of sp³-hybridized carbons (Fsp3) is 0.500. The standard InChI is InChI=1S/C44H56O10/c1-8-36(53-43(48)34-20-13-10-14-21-34)31(5)41-37(52-41)26-28(2)16-15-17-29(3)40-30(4)22-23-38(50-32(6)45)44(7,49)25-24-35(27-39(46)54-40)51-42(47)33-18-11-9-12-19-33/h9-23,28,30-31,35-38,40-41,49H,8,24-27H2,1-7H3/b16-15+,23-22-,29-17+. The molecule has 0 saturated carbocycles. The Morgan fingerprint density at radius 1 is 0.963 bits per heavy atom. The molecule has 1 N–H and O–H groups in total. The molecular weight excluding hydrogens is 688 g/mol. The fourth-order valence-corrected chi connectivity index (χ4v) is 6.81. The molecule has 10 unspecified atom stereocenters. The fourth-order valence-electron chi connectivity index (χ4n) is 6.81. The van der Waals surface area contributed by atoms with Gasteiger partial charge in [0.15, 0.2) is 0 Å². The highest BCUT2D eigenvalue weighted by Crippen LogP contribution is 2.37. The summed E-state index contributed by atoms with van der Waals surface area (Å²) in [5, 5.41) is 11.4. The summed E-state index contributed by atoms with van der Waals surface area (Å²) in [7, 11) is 0. The molecule has 2 aliphatic heterocycles. The van der Waals surface area contributed by atoms with Gasteiger partial charge >= 0.3 is 23.9 Å². The Kier molecular flexibility index (Phi) is 15.4. The molecule has 0 radical (unpaired) electrons. The molecule has 54 heavy (non-hydrogen) atoms. The summed E-state index contributed by atoms with van der Waals surface area (Å²) in [5.74, 6) is -2.16. The second-order valence-electron chi connectivity index (χ2n) is 14.9. The van der Waals surface area contributed by atoms with Crippen LogP contribution in [0.5, 0.6) is 0 Å². The molecule has 1 fully saturated rings. The van der Waals surface area contributed by atoms with Gasteiger partial charge in [0.2, 0.25) is 0 Å². The maximum absolute atomic E-state index is 13.4. The Morgan fingerprint density at radius 3 is 2.20 bits per heavy atom. The van der Waals surface area contributed by atoms with E-state index < -0.39 is 41.8 Å². The number of ether oxygens (including phenoxy) is 5. The summed E-state index contributed by atoms with van der Waals surface area (Å²) in [6.07, 6.45) is 8.04. The zero-order valence-corrected chi connectivity index (χ0v) is 32.5. The molecule has 0 bridgehead atoms. The first-order valence-electron chi connectivity index (χ1n) is 19.0. The molecule has 10 heteroatoms. The first-order chi connectivity index (χ1) is 25.7. The highest BCUT2D eigenvalue weighted by molar-refractivity contribution is 5.90. The van der Waals surface area contributed by atoms with Crippen molar-refractivity contribution < 1.29 is 48.0 Å². The lowest BCUT2D eigenvalue weighted by Crippen LogP contribution is -2.42. The van der Waals surface area contributed by atoms with E-state index in [1.807, 2.05) is 51.1 Å². The zero-order valence-electron chi connectivity index (χ0n) is 32.5. The molecule has 10 atom stereocenters. The van der Waals surface area contributed by atoms with Crippen LogP contribution in [0.2, 0.25) is 0 Å². The van der Waals surface area contributed by atoms with Crippen molar-refractivity contribution in [2.24, 2.45) is 17.8 Å². The van der Waals surface area contributed by atoms with E-state index in [0.717, 1.165) is 12.0 Å². The average molecular weight is 745 g/mol. The molecule has 1 saturated heterocycles. The van der Waals surface area contributed by atoms with Crippen LogP contribution in [0.1, 0.15) is 101 Å². The molecule has 0 aliphatic carbocycles. The van der Waals surface area contributed by atoms with E-state index >= 15 is 0 Å². The first kappa shape index (κ1) is 42.2. The van der Waals surface area contributed by atoms with E-state index in [4.69, 9.17) is 23.7 Å². The van der Waals surface area contributed by atoms with Crippen molar-refractivity contribution in [3.05, 3.63) is 108 Å². The Morgan fingerprint density at radius 2 is 1.59 bits per heavy atom. The summed E-state index contributed by atoms with van der Waals surface area (Å²) in [6, 6.07) is 17.5. The Labute approximate surface area is 319 Å². The highest BCUT2D eigenvalue weighted by atomic mass is 16.6. The van der Waals surface area contributed by atoms with Crippen molar-refractivity contribution in [1.29, 1.82) is 0 Å². The van der Waals surface area contributed by atoms with Crippen LogP contribution < -0.4 is 0 Å². The van der Waals surface area contributed by atoms with E-state index in [0.29, 0.717) is 17.5 Å². The monoisotopic (exact) mass is 744 g/mol. The number of cyclic esters (lactones) is 1. The van der Waals surface area contributed by atoms with Crippen LogP contribution in [0.15, 0.2) is 96.6 Å². The molecule has 2 aromatic rings. The summed E-state index contributed by atoms with van der Waals surface area (Å²) >= 11 is 0. The number of allylic oxidation sites excluding steroid dienone is 3. The number of benzene rings is 2. The second kappa shape index (κ2) is 19.7. The number of aliphatic hydroxyl groups is 1. The molecular formula is C44H56O10. The summed E-state index contributed by atoms with van der Waals surface area (Å²) in [5.41, 5.74) is 0.134. The molecule has 4 rings (SSSR count).